The van der Waals surface area contributed by atoms with E-state index in [2.05, 4.69) is 38.4 Å². The SMILES string of the molecule is COc1ccc(-c2csc3nc(C)nc(N4CCN(c5ccccn5)CC4)c23)cc1. The Morgan fingerprint density at radius 1 is 0.933 bits per heavy atom. The molecule has 152 valence electrons. The van der Waals surface area contributed by atoms with Gasteiger partial charge in [-0.1, -0.05) is 18.2 Å². The predicted octanol–water partition coefficient (Wildman–Crippen LogP) is 4.40. The highest BCUT2D eigenvalue weighted by atomic mass is 32.1. The molecule has 1 aliphatic heterocycles. The number of hydrogen-bond acceptors (Lipinski definition) is 7. The van der Waals surface area contributed by atoms with E-state index in [1.54, 1.807) is 18.4 Å². The zero-order valence-electron chi connectivity index (χ0n) is 17.1. The quantitative estimate of drug-likeness (QED) is 0.491. The number of anilines is 2. The van der Waals surface area contributed by atoms with Crippen LogP contribution in [0.3, 0.4) is 0 Å². The topological polar surface area (TPSA) is 54.4 Å². The van der Waals surface area contributed by atoms with E-state index in [4.69, 9.17) is 14.7 Å². The molecule has 1 aliphatic rings. The van der Waals surface area contributed by atoms with Crippen molar-refractivity contribution in [3.05, 3.63) is 59.9 Å². The second kappa shape index (κ2) is 7.91. The van der Waals surface area contributed by atoms with Crippen molar-refractivity contribution >= 4 is 33.2 Å². The first-order valence-electron chi connectivity index (χ1n) is 10.0. The fourth-order valence-corrected chi connectivity index (χ4v) is 4.91. The summed E-state index contributed by atoms with van der Waals surface area (Å²) in [5.41, 5.74) is 2.34. The first kappa shape index (κ1) is 18.8. The van der Waals surface area contributed by atoms with E-state index in [0.29, 0.717) is 0 Å². The third-order valence-electron chi connectivity index (χ3n) is 5.48. The smallest absolute Gasteiger partial charge is 0.141 e. The highest BCUT2D eigenvalue weighted by Crippen LogP contribution is 2.39. The van der Waals surface area contributed by atoms with Crippen molar-refractivity contribution < 1.29 is 4.74 Å². The average Bonchev–Trinajstić information content (AvgIpc) is 3.23. The summed E-state index contributed by atoms with van der Waals surface area (Å²) in [5.74, 6) is 3.74. The molecule has 30 heavy (non-hydrogen) atoms. The minimum Gasteiger partial charge on any atom is -0.497 e. The monoisotopic (exact) mass is 417 g/mol. The van der Waals surface area contributed by atoms with Gasteiger partial charge in [0, 0.05) is 43.3 Å². The van der Waals surface area contributed by atoms with Crippen LogP contribution in [0.2, 0.25) is 0 Å². The molecular formula is C23H23N5OS. The predicted molar refractivity (Wildman–Crippen MR) is 123 cm³/mol. The Hall–Kier alpha value is -3.19. The van der Waals surface area contributed by atoms with Gasteiger partial charge in [0.25, 0.3) is 0 Å². The summed E-state index contributed by atoms with van der Waals surface area (Å²) < 4.78 is 5.32. The molecule has 4 heterocycles. The first-order chi connectivity index (χ1) is 14.7. The van der Waals surface area contributed by atoms with Crippen LogP contribution < -0.4 is 14.5 Å². The van der Waals surface area contributed by atoms with Crippen molar-refractivity contribution in [1.82, 2.24) is 15.0 Å². The Balaban J connectivity index is 1.49. The number of thiophene rings is 1. The number of methoxy groups -OCH3 is 1. The lowest BCUT2D eigenvalue weighted by atomic mass is 10.1. The van der Waals surface area contributed by atoms with Crippen molar-refractivity contribution in [3.63, 3.8) is 0 Å². The highest BCUT2D eigenvalue weighted by Gasteiger charge is 2.23. The molecule has 0 bridgehead atoms. The van der Waals surface area contributed by atoms with E-state index in [9.17, 15) is 0 Å². The summed E-state index contributed by atoms with van der Waals surface area (Å²) >= 11 is 1.68. The van der Waals surface area contributed by atoms with Gasteiger partial charge in [-0.3, -0.25) is 0 Å². The molecule has 1 aromatic carbocycles. The Labute approximate surface area is 179 Å². The molecule has 3 aromatic heterocycles. The fourth-order valence-electron chi connectivity index (χ4n) is 3.93. The number of rotatable bonds is 4. The van der Waals surface area contributed by atoms with E-state index in [1.165, 1.54) is 5.56 Å². The van der Waals surface area contributed by atoms with Crippen molar-refractivity contribution in [2.45, 2.75) is 6.92 Å². The van der Waals surface area contributed by atoms with Crippen molar-refractivity contribution in [3.8, 4) is 16.9 Å². The standard InChI is InChI=1S/C23H23N5OS/c1-16-25-22(28-13-11-27(12-14-28)20-5-3-4-10-24-20)21-19(15-30-23(21)26-16)17-6-8-18(29-2)9-7-17/h3-10,15H,11-14H2,1-2H3. The number of aromatic nitrogens is 3. The van der Waals surface area contributed by atoms with Crippen molar-refractivity contribution in [1.29, 1.82) is 0 Å². The largest absolute Gasteiger partial charge is 0.497 e. The van der Waals surface area contributed by atoms with Crippen LogP contribution in [-0.2, 0) is 0 Å². The molecule has 0 amide bonds. The van der Waals surface area contributed by atoms with Gasteiger partial charge >= 0.3 is 0 Å². The summed E-state index contributed by atoms with van der Waals surface area (Å²) in [5, 5.41) is 3.33. The van der Waals surface area contributed by atoms with Crippen LogP contribution in [0.25, 0.3) is 21.3 Å². The number of piperazine rings is 1. The van der Waals surface area contributed by atoms with E-state index in [0.717, 1.165) is 65.2 Å². The molecule has 0 saturated carbocycles. The number of benzene rings is 1. The summed E-state index contributed by atoms with van der Waals surface area (Å²) in [4.78, 5) is 19.8. The lowest BCUT2D eigenvalue weighted by Crippen LogP contribution is -2.47. The van der Waals surface area contributed by atoms with E-state index in [-0.39, 0.29) is 0 Å². The van der Waals surface area contributed by atoms with E-state index < -0.39 is 0 Å². The van der Waals surface area contributed by atoms with Crippen LogP contribution >= 0.6 is 11.3 Å². The maximum absolute atomic E-state index is 5.32. The lowest BCUT2D eigenvalue weighted by molar-refractivity contribution is 0.415. The van der Waals surface area contributed by atoms with E-state index in [1.807, 2.05) is 37.4 Å². The summed E-state index contributed by atoms with van der Waals surface area (Å²) in [6.07, 6.45) is 1.85. The van der Waals surface area contributed by atoms with Crippen LogP contribution in [0.4, 0.5) is 11.6 Å². The zero-order chi connectivity index (χ0) is 20.5. The number of nitrogens with zero attached hydrogens (tertiary/aromatic N) is 5. The van der Waals surface area contributed by atoms with Crippen LogP contribution in [0.15, 0.2) is 54.0 Å². The molecule has 0 aliphatic carbocycles. The molecule has 0 atom stereocenters. The third kappa shape index (κ3) is 3.45. The summed E-state index contributed by atoms with van der Waals surface area (Å²) in [6, 6.07) is 14.3. The van der Waals surface area contributed by atoms with Gasteiger partial charge in [0.15, 0.2) is 0 Å². The van der Waals surface area contributed by atoms with Gasteiger partial charge in [0.1, 0.15) is 28.0 Å². The second-order valence-corrected chi connectivity index (χ2v) is 8.17. The molecule has 1 fully saturated rings. The van der Waals surface area contributed by atoms with Gasteiger partial charge in [0.05, 0.1) is 12.5 Å². The second-order valence-electron chi connectivity index (χ2n) is 7.31. The average molecular weight is 418 g/mol. The Kier molecular flexibility index (Phi) is 4.96. The molecule has 4 aromatic rings. The molecular weight excluding hydrogens is 394 g/mol. The molecule has 0 N–H and O–H groups in total. The molecule has 1 saturated heterocycles. The maximum atomic E-state index is 5.32. The molecule has 0 radical (unpaired) electrons. The minimum absolute atomic E-state index is 0.813. The van der Waals surface area contributed by atoms with Crippen LogP contribution in [0.5, 0.6) is 5.75 Å². The third-order valence-corrected chi connectivity index (χ3v) is 6.35. The van der Waals surface area contributed by atoms with Gasteiger partial charge in [-0.05, 0) is 36.8 Å². The molecule has 6 nitrogen and oxygen atoms in total. The number of fused-ring (bicyclic) bond motifs is 1. The van der Waals surface area contributed by atoms with Crippen LogP contribution in [0, 0.1) is 6.92 Å². The van der Waals surface area contributed by atoms with Crippen molar-refractivity contribution in [2.24, 2.45) is 0 Å². The van der Waals surface area contributed by atoms with Gasteiger partial charge in [-0.15, -0.1) is 11.3 Å². The van der Waals surface area contributed by atoms with Gasteiger partial charge < -0.3 is 14.5 Å². The summed E-state index contributed by atoms with van der Waals surface area (Å²) in [7, 11) is 1.69. The Morgan fingerprint density at radius 3 is 2.40 bits per heavy atom. The molecule has 7 heteroatoms. The number of pyridine rings is 1. The van der Waals surface area contributed by atoms with Crippen LogP contribution in [-0.4, -0.2) is 48.2 Å². The van der Waals surface area contributed by atoms with Gasteiger partial charge in [-0.2, -0.15) is 0 Å². The zero-order valence-corrected chi connectivity index (χ0v) is 17.9. The number of hydrogen-bond donors (Lipinski definition) is 0. The first-order valence-corrected chi connectivity index (χ1v) is 10.9. The maximum Gasteiger partial charge on any atom is 0.141 e. The van der Waals surface area contributed by atoms with Gasteiger partial charge in [0.2, 0.25) is 0 Å². The van der Waals surface area contributed by atoms with Crippen molar-refractivity contribution in [2.75, 3.05) is 43.1 Å². The Morgan fingerprint density at radius 2 is 1.70 bits per heavy atom. The minimum atomic E-state index is 0.813. The lowest BCUT2D eigenvalue weighted by Gasteiger charge is -2.36. The highest BCUT2D eigenvalue weighted by molar-refractivity contribution is 7.17. The molecule has 0 unspecified atom stereocenters. The number of aryl methyl sites for hydroxylation is 1. The Bertz CT molecular complexity index is 1150. The molecule has 0 spiro atoms. The summed E-state index contributed by atoms with van der Waals surface area (Å²) in [6.45, 7) is 5.62. The van der Waals surface area contributed by atoms with Crippen LogP contribution in [0.1, 0.15) is 5.82 Å². The normalized spacial score (nSPS) is 14.3. The molecule has 5 rings (SSSR count). The number of ether oxygens (including phenoxy) is 1. The van der Waals surface area contributed by atoms with Gasteiger partial charge in [-0.25, -0.2) is 15.0 Å². The fraction of sp³-hybridized carbons (Fsp3) is 0.261. The van der Waals surface area contributed by atoms with E-state index >= 15 is 0 Å².